The maximum atomic E-state index is 12.8. The molecule has 1 amide bonds. The van der Waals surface area contributed by atoms with Gasteiger partial charge in [0.05, 0.1) is 5.56 Å². The van der Waals surface area contributed by atoms with E-state index in [1.54, 1.807) is 0 Å². The van der Waals surface area contributed by atoms with Gasteiger partial charge in [-0.2, -0.15) is 0 Å². The lowest BCUT2D eigenvalue weighted by Gasteiger charge is -2.46. The van der Waals surface area contributed by atoms with Crippen LogP contribution in [0.3, 0.4) is 0 Å². The Kier molecular flexibility index (Phi) is 4.71. The number of rotatable bonds is 1. The molecule has 3 nitrogen and oxygen atoms in total. The lowest BCUT2D eigenvalue weighted by molar-refractivity contribution is 0.0316. The molecule has 2 heterocycles. The molecular weight excluding hydrogens is 396 g/mol. The number of fused-ring (bicyclic) bond motifs is 1. The van der Waals surface area contributed by atoms with Crippen molar-refractivity contribution in [2.75, 3.05) is 26.7 Å². The summed E-state index contributed by atoms with van der Waals surface area (Å²) in [4.78, 5) is 17.3. The summed E-state index contributed by atoms with van der Waals surface area (Å²) >= 11 is 6.95. The first-order valence-corrected chi connectivity index (χ1v) is 9.09. The van der Waals surface area contributed by atoms with Crippen molar-refractivity contribution in [3.05, 3.63) is 32.7 Å². The van der Waals surface area contributed by atoms with E-state index in [1.165, 1.54) is 19.4 Å². The second kappa shape index (κ2) is 6.39. The molecule has 2 saturated heterocycles. The molecular formula is C16H20Br2N2O. The standard InChI is InChI=1S/C16H20Br2N2O/c1-19-7-2-3-11-10-20(8-6-15(11)19)16(21)13-9-12(17)4-5-14(13)18/h4-5,9,11,15H,2-3,6-8,10H2,1H3. The SMILES string of the molecule is CN1CCCC2CN(C(=O)c3cc(Br)ccc3Br)CCC21. The zero-order chi connectivity index (χ0) is 15.0. The Morgan fingerprint density at radius 3 is 2.86 bits per heavy atom. The number of hydrogen-bond donors (Lipinski definition) is 0. The van der Waals surface area contributed by atoms with Crippen LogP contribution in [0.25, 0.3) is 0 Å². The van der Waals surface area contributed by atoms with Crippen LogP contribution < -0.4 is 0 Å². The largest absolute Gasteiger partial charge is 0.338 e. The lowest BCUT2D eigenvalue weighted by Crippen LogP contribution is -2.53. The number of halogens is 2. The fourth-order valence-corrected chi connectivity index (χ4v) is 4.45. The summed E-state index contributed by atoms with van der Waals surface area (Å²) in [6, 6.07) is 6.45. The maximum Gasteiger partial charge on any atom is 0.255 e. The molecule has 0 N–H and O–H groups in total. The number of carbonyl (C=O) groups is 1. The monoisotopic (exact) mass is 414 g/mol. The van der Waals surface area contributed by atoms with Gasteiger partial charge in [0, 0.05) is 28.1 Å². The van der Waals surface area contributed by atoms with Crippen LogP contribution in [0.5, 0.6) is 0 Å². The van der Waals surface area contributed by atoms with Crippen LogP contribution in [-0.2, 0) is 0 Å². The third-order valence-electron chi connectivity index (χ3n) is 4.79. The first-order valence-electron chi connectivity index (χ1n) is 7.51. The number of piperidine rings is 2. The van der Waals surface area contributed by atoms with E-state index in [9.17, 15) is 4.79 Å². The molecule has 5 heteroatoms. The van der Waals surface area contributed by atoms with Crippen molar-refractivity contribution < 1.29 is 4.79 Å². The molecule has 3 rings (SSSR count). The lowest BCUT2D eigenvalue weighted by atomic mass is 9.84. The second-order valence-corrected chi connectivity index (χ2v) is 7.88. The topological polar surface area (TPSA) is 23.6 Å². The van der Waals surface area contributed by atoms with E-state index < -0.39 is 0 Å². The second-order valence-electron chi connectivity index (χ2n) is 6.11. The molecule has 0 aliphatic carbocycles. The van der Waals surface area contributed by atoms with Crippen LogP contribution in [-0.4, -0.2) is 48.4 Å². The van der Waals surface area contributed by atoms with Gasteiger partial charge in [0.25, 0.3) is 5.91 Å². The molecule has 2 unspecified atom stereocenters. The molecule has 1 aromatic rings. The fraction of sp³-hybridized carbons (Fsp3) is 0.562. The van der Waals surface area contributed by atoms with Gasteiger partial charge < -0.3 is 9.80 Å². The Morgan fingerprint density at radius 2 is 2.05 bits per heavy atom. The van der Waals surface area contributed by atoms with Crippen LogP contribution in [0, 0.1) is 5.92 Å². The predicted molar refractivity (Wildman–Crippen MR) is 91.5 cm³/mol. The van der Waals surface area contributed by atoms with E-state index in [0.29, 0.717) is 12.0 Å². The first kappa shape index (κ1) is 15.5. The Hall–Kier alpha value is -0.390. The molecule has 2 atom stereocenters. The molecule has 114 valence electrons. The van der Waals surface area contributed by atoms with Gasteiger partial charge in [-0.3, -0.25) is 4.79 Å². The van der Waals surface area contributed by atoms with E-state index in [-0.39, 0.29) is 5.91 Å². The Morgan fingerprint density at radius 1 is 1.24 bits per heavy atom. The zero-order valence-electron chi connectivity index (χ0n) is 12.2. The highest BCUT2D eigenvalue weighted by Crippen LogP contribution is 2.31. The molecule has 21 heavy (non-hydrogen) atoms. The van der Waals surface area contributed by atoms with Crippen molar-refractivity contribution >= 4 is 37.8 Å². The van der Waals surface area contributed by atoms with E-state index >= 15 is 0 Å². The highest BCUT2D eigenvalue weighted by atomic mass is 79.9. The highest BCUT2D eigenvalue weighted by molar-refractivity contribution is 9.11. The molecule has 2 aliphatic rings. The summed E-state index contributed by atoms with van der Waals surface area (Å²) in [5.74, 6) is 0.780. The van der Waals surface area contributed by atoms with Crippen LogP contribution >= 0.6 is 31.9 Å². The summed E-state index contributed by atoms with van der Waals surface area (Å²) in [6.07, 6.45) is 3.59. The molecule has 1 aromatic carbocycles. The van der Waals surface area contributed by atoms with Gasteiger partial charge >= 0.3 is 0 Å². The van der Waals surface area contributed by atoms with Crippen molar-refractivity contribution in [1.82, 2.24) is 9.80 Å². The molecule has 0 saturated carbocycles. The van der Waals surface area contributed by atoms with E-state index in [2.05, 4.69) is 43.8 Å². The predicted octanol–water partition coefficient (Wildman–Crippen LogP) is 3.77. The Bertz CT molecular complexity index is 549. The number of likely N-dealkylation sites (tertiary alicyclic amines) is 2. The van der Waals surface area contributed by atoms with Crippen LogP contribution in [0.1, 0.15) is 29.6 Å². The fourth-order valence-electron chi connectivity index (χ4n) is 3.67. The van der Waals surface area contributed by atoms with Gasteiger partial charge in [0.15, 0.2) is 0 Å². The minimum absolute atomic E-state index is 0.148. The van der Waals surface area contributed by atoms with E-state index in [4.69, 9.17) is 0 Å². The smallest absolute Gasteiger partial charge is 0.255 e. The maximum absolute atomic E-state index is 12.8. The van der Waals surface area contributed by atoms with Crippen molar-refractivity contribution in [1.29, 1.82) is 0 Å². The number of nitrogens with zero attached hydrogens (tertiary/aromatic N) is 2. The minimum atomic E-state index is 0.148. The average Bonchev–Trinajstić information content (AvgIpc) is 2.49. The van der Waals surface area contributed by atoms with Crippen LogP contribution in [0.2, 0.25) is 0 Å². The zero-order valence-corrected chi connectivity index (χ0v) is 15.4. The molecule has 0 aromatic heterocycles. The van der Waals surface area contributed by atoms with Gasteiger partial charge in [-0.1, -0.05) is 15.9 Å². The van der Waals surface area contributed by atoms with Gasteiger partial charge in [0.2, 0.25) is 0 Å². The number of carbonyl (C=O) groups excluding carboxylic acids is 1. The normalized spacial score (nSPS) is 26.5. The minimum Gasteiger partial charge on any atom is -0.338 e. The molecule has 2 fully saturated rings. The number of benzene rings is 1. The Balaban J connectivity index is 1.76. The van der Waals surface area contributed by atoms with Gasteiger partial charge in [-0.05, 0) is 72.9 Å². The average molecular weight is 416 g/mol. The first-order chi connectivity index (χ1) is 10.1. The summed E-state index contributed by atoms with van der Waals surface area (Å²) in [7, 11) is 2.22. The van der Waals surface area contributed by atoms with E-state index in [1.807, 2.05) is 23.1 Å². The molecule has 0 bridgehead atoms. The van der Waals surface area contributed by atoms with Gasteiger partial charge in [-0.15, -0.1) is 0 Å². The number of hydrogen-bond acceptors (Lipinski definition) is 2. The van der Waals surface area contributed by atoms with Crippen molar-refractivity contribution in [2.45, 2.75) is 25.3 Å². The number of amides is 1. The Labute approximate surface area is 142 Å². The van der Waals surface area contributed by atoms with Crippen molar-refractivity contribution in [2.24, 2.45) is 5.92 Å². The van der Waals surface area contributed by atoms with Crippen LogP contribution in [0.15, 0.2) is 27.1 Å². The summed E-state index contributed by atoms with van der Waals surface area (Å²) in [6.45, 7) is 2.96. The third kappa shape index (κ3) is 3.20. The summed E-state index contributed by atoms with van der Waals surface area (Å²) in [5, 5.41) is 0. The highest BCUT2D eigenvalue weighted by Gasteiger charge is 2.36. The summed E-state index contributed by atoms with van der Waals surface area (Å²) < 4.78 is 1.82. The van der Waals surface area contributed by atoms with Gasteiger partial charge in [0.1, 0.15) is 0 Å². The molecule has 2 aliphatic heterocycles. The summed E-state index contributed by atoms with van der Waals surface area (Å²) in [5.41, 5.74) is 0.756. The van der Waals surface area contributed by atoms with Crippen molar-refractivity contribution in [3.8, 4) is 0 Å². The van der Waals surface area contributed by atoms with Gasteiger partial charge in [-0.25, -0.2) is 0 Å². The molecule has 0 spiro atoms. The quantitative estimate of drug-likeness (QED) is 0.696. The van der Waals surface area contributed by atoms with Crippen molar-refractivity contribution in [3.63, 3.8) is 0 Å². The van der Waals surface area contributed by atoms with Crippen LogP contribution in [0.4, 0.5) is 0 Å². The third-order valence-corrected chi connectivity index (χ3v) is 5.98. The van der Waals surface area contributed by atoms with E-state index in [0.717, 1.165) is 34.0 Å². The molecule has 0 radical (unpaired) electrons.